The summed E-state index contributed by atoms with van der Waals surface area (Å²) < 4.78 is 5.76. The summed E-state index contributed by atoms with van der Waals surface area (Å²) in [5.74, 6) is 2.67. The van der Waals surface area contributed by atoms with E-state index in [9.17, 15) is 9.59 Å². The topological polar surface area (TPSA) is 56.3 Å². The van der Waals surface area contributed by atoms with Gasteiger partial charge in [-0.15, -0.1) is 0 Å². The molecule has 2 unspecified atom stereocenters. The predicted molar refractivity (Wildman–Crippen MR) is 162 cm³/mol. The molecule has 3 aliphatic rings. The van der Waals surface area contributed by atoms with Gasteiger partial charge in [0.15, 0.2) is 0 Å². The molecule has 0 saturated carbocycles. The lowest BCUT2D eigenvalue weighted by molar-refractivity contribution is -0.140. The third-order valence-electron chi connectivity index (χ3n) is 9.22. The average molecular weight is 555 g/mol. The van der Waals surface area contributed by atoms with Gasteiger partial charge in [-0.3, -0.25) is 14.5 Å². The highest BCUT2D eigenvalue weighted by molar-refractivity contribution is 5.79. The predicted octanol–water partition coefficient (Wildman–Crippen LogP) is 4.64. The Morgan fingerprint density at radius 3 is 2.60 bits per heavy atom. The maximum atomic E-state index is 13.7. The second-order valence-electron chi connectivity index (χ2n) is 13.0. The Morgan fingerprint density at radius 1 is 1.05 bits per heavy atom. The van der Waals surface area contributed by atoms with E-state index >= 15 is 0 Å². The molecule has 0 spiro atoms. The van der Waals surface area contributed by atoms with Crippen LogP contribution in [0.25, 0.3) is 0 Å². The van der Waals surface area contributed by atoms with Crippen molar-refractivity contribution in [2.24, 2.45) is 11.8 Å². The average Bonchev–Trinajstić information content (AvgIpc) is 3.55. The van der Waals surface area contributed by atoms with Crippen molar-refractivity contribution in [3.8, 4) is 5.75 Å². The van der Waals surface area contributed by atoms with Gasteiger partial charge in [-0.25, -0.2) is 0 Å². The highest BCUT2D eigenvalue weighted by atomic mass is 16.5. The first kappa shape index (κ1) is 30.8. The molecule has 1 aromatic carbocycles. The molecule has 0 aliphatic carbocycles. The number of piperidine rings is 1. The number of likely N-dealkylation sites (tertiary alicyclic amines) is 2. The summed E-state index contributed by atoms with van der Waals surface area (Å²) in [6, 6.07) is 7.01. The number of fused-ring (bicyclic) bond motifs is 1. The molecule has 0 radical (unpaired) electrons. The number of nitrogens with zero attached hydrogens (tertiary/aromatic N) is 4. The summed E-state index contributed by atoms with van der Waals surface area (Å²) in [6.45, 7) is 13.1. The van der Waals surface area contributed by atoms with Crippen LogP contribution >= 0.6 is 0 Å². The van der Waals surface area contributed by atoms with Crippen LogP contribution in [0.2, 0.25) is 0 Å². The normalized spacial score (nSPS) is 24.9. The van der Waals surface area contributed by atoms with Crippen LogP contribution in [0.5, 0.6) is 5.75 Å². The Hall–Kier alpha value is -2.12. The fourth-order valence-electron chi connectivity index (χ4n) is 6.96. The number of unbranched alkanes of at least 4 members (excludes halogenated alkanes) is 2. The molecule has 7 nitrogen and oxygen atoms in total. The largest absolute Gasteiger partial charge is 0.493 e. The number of hydrogen-bond donors (Lipinski definition) is 0. The molecule has 0 aromatic heterocycles. The minimum absolute atomic E-state index is 0.117. The molecule has 2 saturated heterocycles. The first-order valence-electron chi connectivity index (χ1n) is 16.0. The highest BCUT2D eigenvalue weighted by Crippen LogP contribution is 2.37. The van der Waals surface area contributed by atoms with E-state index in [0.717, 1.165) is 103 Å². The number of amides is 2. The van der Waals surface area contributed by atoms with Gasteiger partial charge < -0.3 is 19.4 Å². The summed E-state index contributed by atoms with van der Waals surface area (Å²) in [5, 5.41) is 0. The maximum absolute atomic E-state index is 13.7. The standard InChI is InChI=1S/C33H54N4O3/c1-6-7-15-35(16-9-8-14-34(4)5)32(38)24-37-23-29(27-10-11-31-28(20-27)13-18-40-31)21-30(37)12-17-36-22-25(2)19-26(3)33(36)39/h10-11,20,25-26,29-30H,6-9,12-19,21-24H2,1-5H3/t25?,26?,29-,30+/m1/s1. The summed E-state index contributed by atoms with van der Waals surface area (Å²) in [4.78, 5) is 35.5. The minimum atomic E-state index is 0.117. The lowest BCUT2D eigenvalue weighted by Gasteiger charge is -2.36. The minimum Gasteiger partial charge on any atom is -0.493 e. The molecule has 4 rings (SSSR count). The summed E-state index contributed by atoms with van der Waals surface area (Å²) in [5.41, 5.74) is 2.68. The second-order valence-corrected chi connectivity index (χ2v) is 13.0. The molecule has 3 aliphatic heterocycles. The number of carbonyl (C=O) groups excluding carboxylic acids is 2. The number of rotatable bonds is 14. The van der Waals surface area contributed by atoms with Gasteiger partial charge in [0, 0.05) is 51.1 Å². The Balaban J connectivity index is 1.44. The Morgan fingerprint density at radius 2 is 1.82 bits per heavy atom. The SMILES string of the molecule is CCCCN(CCCCN(C)C)C(=O)CN1C[C@H](c2ccc3c(c2)CCO3)C[C@@H]1CCN1CC(C)CC(C)C1=O. The molecule has 224 valence electrons. The lowest BCUT2D eigenvalue weighted by atomic mass is 9.90. The first-order chi connectivity index (χ1) is 19.2. The van der Waals surface area contributed by atoms with Crippen LogP contribution in [0, 0.1) is 11.8 Å². The molecule has 1 aromatic rings. The van der Waals surface area contributed by atoms with Crippen LogP contribution in [0.4, 0.5) is 0 Å². The van der Waals surface area contributed by atoms with E-state index in [2.05, 4.69) is 72.7 Å². The van der Waals surface area contributed by atoms with E-state index in [1.165, 1.54) is 11.1 Å². The first-order valence-corrected chi connectivity index (χ1v) is 16.0. The highest BCUT2D eigenvalue weighted by Gasteiger charge is 2.36. The van der Waals surface area contributed by atoms with Crippen molar-refractivity contribution in [3.63, 3.8) is 0 Å². The van der Waals surface area contributed by atoms with E-state index < -0.39 is 0 Å². The fourth-order valence-corrected chi connectivity index (χ4v) is 6.96. The molecular weight excluding hydrogens is 500 g/mol. The molecule has 7 heteroatoms. The maximum Gasteiger partial charge on any atom is 0.236 e. The van der Waals surface area contributed by atoms with Gasteiger partial charge in [-0.2, -0.15) is 0 Å². The van der Waals surface area contributed by atoms with Crippen LogP contribution in [0.3, 0.4) is 0 Å². The van der Waals surface area contributed by atoms with E-state index in [1.54, 1.807) is 0 Å². The van der Waals surface area contributed by atoms with Crippen molar-refractivity contribution in [1.82, 2.24) is 19.6 Å². The van der Waals surface area contributed by atoms with Crippen LogP contribution in [-0.4, -0.2) is 104 Å². The second kappa shape index (κ2) is 14.7. The summed E-state index contributed by atoms with van der Waals surface area (Å²) in [7, 11) is 4.22. The zero-order valence-corrected chi connectivity index (χ0v) is 25.9. The number of benzene rings is 1. The molecule has 4 atom stereocenters. The number of carbonyl (C=O) groups is 2. The van der Waals surface area contributed by atoms with Crippen molar-refractivity contribution in [2.45, 2.75) is 84.1 Å². The van der Waals surface area contributed by atoms with Gasteiger partial charge in [0.1, 0.15) is 5.75 Å². The molecule has 2 fully saturated rings. The van der Waals surface area contributed by atoms with Crippen LogP contribution < -0.4 is 4.74 Å². The molecule has 0 N–H and O–H groups in total. The van der Waals surface area contributed by atoms with Crippen molar-refractivity contribution < 1.29 is 14.3 Å². The molecular formula is C33H54N4O3. The van der Waals surface area contributed by atoms with Gasteiger partial charge in [0.2, 0.25) is 11.8 Å². The molecule has 0 bridgehead atoms. The third-order valence-corrected chi connectivity index (χ3v) is 9.22. The molecule has 40 heavy (non-hydrogen) atoms. The van der Waals surface area contributed by atoms with E-state index in [1.807, 2.05) is 0 Å². The van der Waals surface area contributed by atoms with Crippen LogP contribution in [-0.2, 0) is 16.0 Å². The van der Waals surface area contributed by atoms with Crippen molar-refractivity contribution in [1.29, 1.82) is 0 Å². The summed E-state index contributed by atoms with van der Waals surface area (Å²) in [6.07, 6.45) is 8.25. The Bertz CT molecular complexity index is 982. The van der Waals surface area contributed by atoms with Gasteiger partial charge in [0.25, 0.3) is 0 Å². The van der Waals surface area contributed by atoms with Crippen molar-refractivity contribution in [3.05, 3.63) is 29.3 Å². The van der Waals surface area contributed by atoms with Gasteiger partial charge in [0.05, 0.1) is 13.2 Å². The smallest absolute Gasteiger partial charge is 0.236 e. The quantitative estimate of drug-likeness (QED) is 0.314. The number of hydrogen-bond acceptors (Lipinski definition) is 5. The van der Waals surface area contributed by atoms with Crippen molar-refractivity contribution in [2.75, 3.05) is 66.5 Å². The van der Waals surface area contributed by atoms with Crippen LogP contribution in [0.15, 0.2) is 18.2 Å². The number of ether oxygens (including phenoxy) is 1. The van der Waals surface area contributed by atoms with E-state index in [0.29, 0.717) is 30.3 Å². The molecule has 3 heterocycles. The van der Waals surface area contributed by atoms with E-state index in [4.69, 9.17) is 4.74 Å². The third kappa shape index (κ3) is 8.22. The monoisotopic (exact) mass is 554 g/mol. The zero-order chi connectivity index (χ0) is 28.6. The van der Waals surface area contributed by atoms with Gasteiger partial charge in [-0.1, -0.05) is 39.3 Å². The zero-order valence-electron chi connectivity index (χ0n) is 25.9. The van der Waals surface area contributed by atoms with Gasteiger partial charge in [-0.05, 0) is 88.2 Å². The van der Waals surface area contributed by atoms with Crippen molar-refractivity contribution >= 4 is 11.8 Å². The molecule has 2 amide bonds. The fraction of sp³-hybridized carbons (Fsp3) is 0.758. The Kier molecular flexibility index (Phi) is 11.3. The van der Waals surface area contributed by atoms with Gasteiger partial charge >= 0.3 is 0 Å². The lowest BCUT2D eigenvalue weighted by Crippen LogP contribution is -2.47. The van der Waals surface area contributed by atoms with E-state index in [-0.39, 0.29) is 11.8 Å². The summed E-state index contributed by atoms with van der Waals surface area (Å²) >= 11 is 0. The van der Waals surface area contributed by atoms with Crippen LogP contribution in [0.1, 0.15) is 82.8 Å². The Labute approximate surface area is 243 Å².